The molecular formula is C28H33FN4O4S. The zero-order valence-electron chi connectivity index (χ0n) is 21.7. The van der Waals surface area contributed by atoms with Crippen molar-refractivity contribution < 1.29 is 23.5 Å². The van der Waals surface area contributed by atoms with E-state index in [2.05, 4.69) is 17.1 Å². The number of nitrogens with one attached hydrogen (secondary N) is 1. The fourth-order valence-corrected chi connectivity index (χ4v) is 5.16. The lowest BCUT2D eigenvalue weighted by Crippen LogP contribution is -2.44. The molecule has 0 radical (unpaired) electrons. The van der Waals surface area contributed by atoms with E-state index in [-0.39, 0.29) is 24.8 Å². The molecule has 2 amide bonds. The highest BCUT2D eigenvalue weighted by molar-refractivity contribution is 7.80. The summed E-state index contributed by atoms with van der Waals surface area (Å²) < 4.78 is 18.5. The Morgan fingerprint density at radius 2 is 1.71 bits per heavy atom. The summed E-state index contributed by atoms with van der Waals surface area (Å²) in [5, 5.41) is 3.11. The van der Waals surface area contributed by atoms with E-state index in [0.29, 0.717) is 34.5 Å². The second-order valence-electron chi connectivity index (χ2n) is 9.72. The van der Waals surface area contributed by atoms with Gasteiger partial charge in [0.2, 0.25) is 5.91 Å². The SMILES string of the molecule is CCOC(=O)c1ccc(NC(=O)C[C@H]2C(=O)N(c3ccc(F)cc3)C(=S)N2CCN2CCC(C)CC2)cc1. The predicted octanol–water partition coefficient (Wildman–Crippen LogP) is 4.07. The number of nitrogens with zero attached hydrogens (tertiary/aromatic N) is 3. The molecule has 0 aromatic heterocycles. The van der Waals surface area contributed by atoms with E-state index in [0.717, 1.165) is 32.5 Å². The number of carbonyl (C=O) groups excluding carboxylic acids is 3. The van der Waals surface area contributed by atoms with Gasteiger partial charge in [-0.15, -0.1) is 0 Å². The maximum atomic E-state index is 13.5. The lowest BCUT2D eigenvalue weighted by atomic mass is 9.99. The van der Waals surface area contributed by atoms with E-state index in [9.17, 15) is 18.8 Å². The molecule has 0 spiro atoms. The van der Waals surface area contributed by atoms with Gasteiger partial charge in [-0.25, -0.2) is 9.18 Å². The van der Waals surface area contributed by atoms with Crippen LogP contribution < -0.4 is 10.2 Å². The van der Waals surface area contributed by atoms with Crippen molar-refractivity contribution in [2.45, 2.75) is 39.2 Å². The standard InChI is InChI=1S/C28H33FN4O4S/c1-3-37-27(36)20-4-8-22(9-5-20)30-25(34)18-24-26(35)33(23-10-6-21(29)7-11-23)28(38)32(24)17-16-31-14-12-19(2)13-15-31/h4-11,19,24H,3,12-18H2,1-2H3,(H,30,34)/t24-/m0/s1. The molecule has 1 atom stereocenters. The number of amides is 2. The van der Waals surface area contributed by atoms with Crippen molar-refractivity contribution in [3.63, 3.8) is 0 Å². The average molecular weight is 541 g/mol. The Balaban J connectivity index is 1.47. The third-order valence-electron chi connectivity index (χ3n) is 7.00. The molecule has 0 aliphatic carbocycles. The van der Waals surface area contributed by atoms with Crippen LogP contribution in [0.25, 0.3) is 0 Å². The Hall–Kier alpha value is -3.37. The molecule has 1 N–H and O–H groups in total. The van der Waals surface area contributed by atoms with Gasteiger partial charge in [0.15, 0.2) is 5.11 Å². The largest absolute Gasteiger partial charge is 0.462 e. The van der Waals surface area contributed by atoms with E-state index in [1.54, 1.807) is 31.2 Å². The van der Waals surface area contributed by atoms with Crippen LogP contribution >= 0.6 is 12.2 Å². The van der Waals surface area contributed by atoms with Crippen molar-refractivity contribution in [1.29, 1.82) is 0 Å². The Kier molecular flexibility index (Phi) is 9.06. The van der Waals surface area contributed by atoms with E-state index < -0.39 is 17.8 Å². The molecule has 2 fully saturated rings. The van der Waals surface area contributed by atoms with E-state index >= 15 is 0 Å². The van der Waals surface area contributed by atoms with Crippen LogP contribution in [0.2, 0.25) is 0 Å². The highest BCUT2D eigenvalue weighted by Crippen LogP contribution is 2.28. The Morgan fingerprint density at radius 3 is 2.34 bits per heavy atom. The van der Waals surface area contributed by atoms with Crippen LogP contribution in [0.1, 0.15) is 43.5 Å². The topological polar surface area (TPSA) is 82.2 Å². The highest BCUT2D eigenvalue weighted by atomic mass is 32.1. The quantitative estimate of drug-likeness (QED) is 0.379. The smallest absolute Gasteiger partial charge is 0.338 e. The first-order valence-corrected chi connectivity index (χ1v) is 13.4. The molecule has 4 rings (SSSR count). The molecule has 2 heterocycles. The summed E-state index contributed by atoms with van der Waals surface area (Å²) in [5.74, 6) is -0.811. The molecule has 2 saturated heterocycles. The first-order valence-electron chi connectivity index (χ1n) is 13.0. The molecule has 2 aromatic rings. The number of anilines is 2. The van der Waals surface area contributed by atoms with Gasteiger partial charge in [-0.1, -0.05) is 6.92 Å². The van der Waals surface area contributed by atoms with Crippen LogP contribution in [0.5, 0.6) is 0 Å². The highest BCUT2D eigenvalue weighted by Gasteiger charge is 2.44. The van der Waals surface area contributed by atoms with Crippen molar-refractivity contribution in [2.24, 2.45) is 5.92 Å². The molecule has 2 aromatic carbocycles. The summed E-state index contributed by atoms with van der Waals surface area (Å²) in [5.41, 5.74) is 1.35. The van der Waals surface area contributed by atoms with Gasteiger partial charge in [0.25, 0.3) is 5.91 Å². The summed E-state index contributed by atoms with van der Waals surface area (Å²) in [4.78, 5) is 44.0. The van der Waals surface area contributed by atoms with Crippen molar-refractivity contribution >= 4 is 46.5 Å². The van der Waals surface area contributed by atoms with Gasteiger partial charge in [0, 0.05) is 18.8 Å². The number of ether oxygens (including phenoxy) is 1. The van der Waals surface area contributed by atoms with Gasteiger partial charge in [-0.05, 0) is 99.5 Å². The van der Waals surface area contributed by atoms with E-state index in [1.165, 1.54) is 29.2 Å². The number of hydrogen-bond acceptors (Lipinski definition) is 6. The number of benzene rings is 2. The number of piperidine rings is 1. The van der Waals surface area contributed by atoms with Crippen LogP contribution in [-0.2, 0) is 14.3 Å². The fraction of sp³-hybridized carbons (Fsp3) is 0.429. The zero-order chi connectivity index (χ0) is 27.2. The van der Waals surface area contributed by atoms with Crippen molar-refractivity contribution in [3.8, 4) is 0 Å². The summed E-state index contributed by atoms with van der Waals surface area (Å²) >= 11 is 5.70. The maximum absolute atomic E-state index is 13.5. The molecule has 0 unspecified atom stereocenters. The van der Waals surface area contributed by atoms with E-state index in [4.69, 9.17) is 17.0 Å². The molecule has 202 valence electrons. The molecule has 10 heteroatoms. The normalized spacial score (nSPS) is 18.7. The number of esters is 1. The number of carbonyl (C=O) groups is 3. The Bertz CT molecular complexity index is 1170. The van der Waals surface area contributed by atoms with Crippen LogP contribution in [0.4, 0.5) is 15.8 Å². The van der Waals surface area contributed by atoms with Gasteiger partial charge in [0.1, 0.15) is 11.9 Å². The Labute approximate surface area is 227 Å². The van der Waals surface area contributed by atoms with Gasteiger partial charge >= 0.3 is 5.97 Å². The molecule has 2 aliphatic heterocycles. The number of thiocarbonyl (C=S) groups is 1. The van der Waals surface area contributed by atoms with Crippen LogP contribution in [0.15, 0.2) is 48.5 Å². The van der Waals surface area contributed by atoms with Crippen molar-refractivity contribution in [2.75, 3.05) is 43.0 Å². The Morgan fingerprint density at radius 1 is 1.05 bits per heavy atom. The minimum absolute atomic E-state index is 0.104. The first-order chi connectivity index (χ1) is 18.3. The third-order valence-corrected chi connectivity index (χ3v) is 7.41. The average Bonchev–Trinajstić information content (AvgIpc) is 3.13. The van der Waals surface area contributed by atoms with Crippen molar-refractivity contribution in [3.05, 3.63) is 59.9 Å². The fourth-order valence-electron chi connectivity index (χ4n) is 4.74. The second kappa shape index (κ2) is 12.4. The molecule has 38 heavy (non-hydrogen) atoms. The second-order valence-corrected chi connectivity index (χ2v) is 10.1. The number of rotatable bonds is 9. The van der Waals surface area contributed by atoms with Gasteiger partial charge in [-0.2, -0.15) is 0 Å². The molecule has 8 nitrogen and oxygen atoms in total. The van der Waals surface area contributed by atoms with Gasteiger partial charge in [-0.3, -0.25) is 14.5 Å². The number of likely N-dealkylation sites (tertiary alicyclic amines) is 1. The van der Waals surface area contributed by atoms with Gasteiger partial charge in [0.05, 0.1) is 24.3 Å². The van der Waals surface area contributed by atoms with Crippen LogP contribution in [0, 0.1) is 11.7 Å². The van der Waals surface area contributed by atoms with Crippen LogP contribution in [0.3, 0.4) is 0 Å². The zero-order valence-corrected chi connectivity index (χ0v) is 22.5. The summed E-state index contributed by atoms with van der Waals surface area (Å²) in [7, 11) is 0. The number of hydrogen-bond donors (Lipinski definition) is 1. The van der Waals surface area contributed by atoms with Crippen molar-refractivity contribution in [1.82, 2.24) is 9.80 Å². The monoisotopic (exact) mass is 540 g/mol. The lowest BCUT2D eigenvalue weighted by molar-refractivity contribution is -0.124. The molecular weight excluding hydrogens is 507 g/mol. The third kappa shape index (κ3) is 6.54. The molecule has 0 bridgehead atoms. The predicted molar refractivity (Wildman–Crippen MR) is 147 cm³/mol. The lowest BCUT2D eigenvalue weighted by Gasteiger charge is -2.32. The molecule has 0 saturated carbocycles. The minimum Gasteiger partial charge on any atom is -0.462 e. The molecule has 2 aliphatic rings. The van der Waals surface area contributed by atoms with E-state index in [1.807, 2.05) is 4.90 Å². The maximum Gasteiger partial charge on any atom is 0.338 e. The summed E-state index contributed by atoms with van der Waals surface area (Å²) in [6.45, 7) is 7.47. The summed E-state index contributed by atoms with van der Waals surface area (Å²) in [6, 6.07) is 11.2. The van der Waals surface area contributed by atoms with Crippen LogP contribution in [-0.4, -0.2) is 71.5 Å². The summed E-state index contributed by atoms with van der Waals surface area (Å²) in [6.07, 6.45) is 2.16. The number of halogens is 1. The first kappa shape index (κ1) is 27.7. The van der Waals surface area contributed by atoms with Gasteiger partial charge < -0.3 is 19.9 Å². The minimum atomic E-state index is -0.782.